The van der Waals surface area contributed by atoms with Crippen molar-refractivity contribution < 1.29 is 14.3 Å². The number of carbonyl (C=O) groups is 1. The van der Waals surface area contributed by atoms with Gasteiger partial charge in [-0.15, -0.1) is 10.2 Å². The lowest BCUT2D eigenvalue weighted by molar-refractivity contribution is 0.102. The second kappa shape index (κ2) is 12.9. The molecule has 0 radical (unpaired) electrons. The molecule has 1 aromatic heterocycles. The molecule has 8 nitrogen and oxygen atoms in total. The molecule has 0 N–H and O–H groups in total. The summed E-state index contributed by atoms with van der Waals surface area (Å²) in [7, 11) is 1.69. The lowest BCUT2D eigenvalue weighted by atomic mass is 9.84. The number of ether oxygens (including phenoxy) is 2. The van der Waals surface area contributed by atoms with Gasteiger partial charge in [0.15, 0.2) is 11.6 Å². The molecule has 2 heterocycles. The highest BCUT2D eigenvalue weighted by Gasteiger charge is 2.27. The van der Waals surface area contributed by atoms with Crippen LogP contribution in [-0.2, 0) is 10.2 Å². The van der Waals surface area contributed by atoms with Crippen molar-refractivity contribution in [3.8, 4) is 17.1 Å². The molecule has 0 amide bonds. The van der Waals surface area contributed by atoms with Crippen molar-refractivity contribution in [2.75, 3.05) is 44.1 Å². The first-order chi connectivity index (χ1) is 20.2. The van der Waals surface area contributed by atoms with E-state index in [9.17, 15) is 4.79 Å². The number of aryl methyl sites for hydroxylation is 1. The number of carbonyl (C=O) groups excluding carboxylic acids is 1. The van der Waals surface area contributed by atoms with Crippen LogP contribution in [0.1, 0.15) is 47.8 Å². The number of rotatable bonds is 9. The van der Waals surface area contributed by atoms with E-state index < -0.39 is 0 Å². The van der Waals surface area contributed by atoms with Gasteiger partial charge in [0, 0.05) is 29.8 Å². The average Bonchev–Trinajstić information content (AvgIpc) is 3.41. The SMILES string of the molecule is COc1c(N2CCOCC2)cc(C(=O)CSc2nnc(-c3ccccc3)n2/N=C/c2cccc(C)c2)cc1C(C)(C)C. The summed E-state index contributed by atoms with van der Waals surface area (Å²) in [4.78, 5) is 16.0. The van der Waals surface area contributed by atoms with Gasteiger partial charge in [0.25, 0.3) is 0 Å². The maximum absolute atomic E-state index is 13.7. The van der Waals surface area contributed by atoms with Crippen LogP contribution in [0.3, 0.4) is 0 Å². The fourth-order valence-electron chi connectivity index (χ4n) is 4.90. The summed E-state index contributed by atoms with van der Waals surface area (Å²) in [5, 5.41) is 14.2. The smallest absolute Gasteiger partial charge is 0.212 e. The summed E-state index contributed by atoms with van der Waals surface area (Å²) in [5.41, 5.74) is 5.37. The first-order valence-corrected chi connectivity index (χ1v) is 15.1. The summed E-state index contributed by atoms with van der Waals surface area (Å²) in [5.74, 6) is 1.61. The van der Waals surface area contributed by atoms with E-state index in [2.05, 4.69) is 41.9 Å². The van der Waals surface area contributed by atoms with E-state index in [1.54, 1.807) is 18.0 Å². The van der Waals surface area contributed by atoms with Gasteiger partial charge in [-0.2, -0.15) is 9.78 Å². The Kier molecular flexibility index (Phi) is 9.09. The Balaban J connectivity index is 1.46. The molecule has 4 aromatic rings. The van der Waals surface area contributed by atoms with Crippen LogP contribution in [-0.4, -0.2) is 66.0 Å². The molecular weight excluding hydrogens is 546 g/mol. The molecule has 218 valence electrons. The number of hydrogen-bond donors (Lipinski definition) is 0. The number of methoxy groups -OCH3 is 1. The number of benzene rings is 3. The number of aromatic nitrogens is 3. The minimum absolute atomic E-state index is 0.00105. The number of anilines is 1. The van der Waals surface area contributed by atoms with Gasteiger partial charge in [0.05, 0.1) is 38.0 Å². The summed E-state index contributed by atoms with van der Waals surface area (Å²) in [6.07, 6.45) is 1.79. The van der Waals surface area contributed by atoms with E-state index in [1.165, 1.54) is 11.8 Å². The fraction of sp³-hybridized carbons (Fsp3) is 0.333. The highest BCUT2D eigenvalue weighted by molar-refractivity contribution is 7.99. The molecule has 0 spiro atoms. The van der Waals surface area contributed by atoms with Crippen molar-refractivity contribution in [2.45, 2.75) is 38.3 Å². The van der Waals surface area contributed by atoms with Gasteiger partial charge in [0.2, 0.25) is 5.16 Å². The summed E-state index contributed by atoms with van der Waals surface area (Å²) < 4.78 is 13.2. The van der Waals surface area contributed by atoms with Crippen molar-refractivity contribution >= 4 is 29.4 Å². The molecule has 0 unspecified atom stereocenters. The van der Waals surface area contributed by atoms with Crippen LogP contribution in [0.5, 0.6) is 5.75 Å². The quantitative estimate of drug-likeness (QED) is 0.131. The average molecular weight is 584 g/mol. The van der Waals surface area contributed by atoms with Gasteiger partial charge in [-0.1, -0.05) is 92.7 Å². The second-order valence-electron chi connectivity index (χ2n) is 11.3. The van der Waals surface area contributed by atoms with Crippen LogP contribution in [0, 0.1) is 6.92 Å². The van der Waals surface area contributed by atoms with E-state index in [4.69, 9.17) is 14.6 Å². The maximum atomic E-state index is 13.7. The molecule has 9 heteroatoms. The van der Waals surface area contributed by atoms with E-state index in [-0.39, 0.29) is 17.0 Å². The molecular formula is C33H37N5O3S. The Bertz CT molecular complexity index is 1570. The van der Waals surface area contributed by atoms with E-state index in [1.807, 2.05) is 67.6 Å². The molecule has 3 aromatic carbocycles. The van der Waals surface area contributed by atoms with E-state index in [0.29, 0.717) is 29.8 Å². The van der Waals surface area contributed by atoms with Crippen molar-refractivity contribution in [3.05, 3.63) is 89.0 Å². The molecule has 5 rings (SSSR count). The summed E-state index contributed by atoms with van der Waals surface area (Å²) in [6.45, 7) is 11.2. The van der Waals surface area contributed by atoms with Crippen LogP contribution in [0.4, 0.5) is 5.69 Å². The molecule has 1 fully saturated rings. The molecule has 0 atom stereocenters. The predicted octanol–water partition coefficient (Wildman–Crippen LogP) is 6.25. The van der Waals surface area contributed by atoms with Crippen molar-refractivity contribution in [3.63, 3.8) is 0 Å². The topological polar surface area (TPSA) is 81.8 Å². The van der Waals surface area contributed by atoms with Gasteiger partial charge >= 0.3 is 0 Å². The molecule has 42 heavy (non-hydrogen) atoms. The Morgan fingerprint density at radius 1 is 1.05 bits per heavy atom. The first kappa shape index (κ1) is 29.5. The minimum Gasteiger partial charge on any atom is -0.494 e. The van der Waals surface area contributed by atoms with Crippen molar-refractivity contribution in [1.82, 2.24) is 14.9 Å². The van der Waals surface area contributed by atoms with Gasteiger partial charge in [0.1, 0.15) is 5.75 Å². The van der Waals surface area contributed by atoms with Crippen LogP contribution in [0.15, 0.2) is 77.0 Å². The Labute approximate surface area is 251 Å². The third-order valence-corrected chi connectivity index (χ3v) is 8.02. The normalized spacial score (nSPS) is 14.0. The number of nitrogens with zero attached hydrogens (tertiary/aromatic N) is 5. The molecule has 1 aliphatic rings. The Hall–Kier alpha value is -3.95. The van der Waals surface area contributed by atoms with Crippen molar-refractivity contribution in [1.29, 1.82) is 0 Å². The number of morpholine rings is 1. The number of hydrogen-bond acceptors (Lipinski definition) is 8. The largest absolute Gasteiger partial charge is 0.494 e. The lowest BCUT2D eigenvalue weighted by Crippen LogP contribution is -2.37. The molecule has 1 saturated heterocycles. The Morgan fingerprint density at radius 3 is 2.50 bits per heavy atom. The zero-order valence-electron chi connectivity index (χ0n) is 24.8. The zero-order chi connectivity index (χ0) is 29.7. The lowest BCUT2D eigenvalue weighted by Gasteiger charge is -2.33. The second-order valence-corrected chi connectivity index (χ2v) is 12.2. The van der Waals surface area contributed by atoms with Crippen LogP contribution < -0.4 is 9.64 Å². The van der Waals surface area contributed by atoms with E-state index in [0.717, 1.165) is 46.8 Å². The van der Waals surface area contributed by atoms with Gasteiger partial charge in [-0.05, 0) is 30.0 Å². The summed E-state index contributed by atoms with van der Waals surface area (Å²) >= 11 is 1.33. The van der Waals surface area contributed by atoms with Gasteiger partial charge in [-0.25, -0.2) is 0 Å². The predicted molar refractivity (Wildman–Crippen MR) is 169 cm³/mol. The molecule has 0 bridgehead atoms. The molecule has 0 aliphatic carbocycles. The van der Waals surface area contributed by atoms with Gasteiger partial charge in [-0.3, -0.25) is 4.79 Å². The van der Waals surface area contributed by atoms with Crippen LogP contribution in [0.25, 0.3) is 11.4 Å². The van der Waals surface area contributed by atoms with Crippen LogP contribution >= 0.6 is 11.8 Å². The third-order valence-electron chi connectivity index (χ3n) is 7.10. The third kappa shape index (κ3) is 6.74. The number of Topliss-reactive ketones (excluding diaryl/α,β-unsaturated/α-hetero) is 1. The maximum Gasteiger partial charge on any atom is 0.212 e. The summed E-state index contributed by atoms with van der Waals surface area (Å²) in [6, 6.07) is 21.9. The monoisotopic (exact) mass is 583 g/mol. The van der Waals surface area contributed by atoms with Crippen LogP contribution in [0.2, 0.25) is 0 Å². The molecule has 0 saturated carbocycles. The molecule has 1 aliphatic heterocycles. The number of ketones is 1. The minimum atomic E-state index is -0.217. The highest BCUT2D eigenvalue weighted by atomic mass is 32.2. The highest BCUT2D eigenvalue weighted by Crippen LogP contribution is 2.41. The van der Waals surface area contributed by atoms with E-state index >= 15 is 0 Å². The van der Waals surface area contributed by atoms with Crippen molar-refractivity contribution in [2.24, 2.45) is 5.10 Å². The standard InChI is InChI=1S/C33H37N5O3S/c1-23-10-9-11-24(18-23)21-34-38-31(25-12-7-6-8-13-25)35-36-32(38)42-22-29(39)26-19-27(33(2,3)4)30(40-5)28(20-26)37-14-16-41-17-15-37/h6-13,18-21H,14-17,22H2,1-5H3/b34-21+. The fourth-order valence-corrected chi connectivity index (χ4v) is 5.68. The van der Waals surface area contributed by atoms with Gasteiger partial charge < -0.3 is 14.4 Å². The Morgan fingerprint density at radius 2 is 1.81 bits per heavy atom. The first-order valence-electron chi connectivity index (χ1n) is 14.1. The number of thioether (sulfide) groups is 1. The zero-order valence-corrected chi connectivity index (χ0v) is 25.6.